The Morgan fingerprint density at radius 3 is 2.48 bits per heavy atom. The predicted molar refractivity (Wildman–Crippen MR) is 80.1 cm³/mol. The molecule has 0 bridgehead atoms. The number of aromatic nitrogens is 4. The van der Waals surface area contributed by atoms with Gasteiger partial charge in [0.05, 0.1) is 20.8 Å². The van der Waals surface area contributed by atoms with Crippen molar-refractivity contribution in [2.75, 3.05) is 12.3 Å². The van der Waals surface area contributed by atoms with Crippen molar-refractivity contribution in [2.24, 2.45) is 0 Å². The molecule has 0 spiro atoms. The van der Waals surface area contributed by atoms with E-state index < -0.39 is 46.8 Å². The summed E-state index contributed by atoms with van der Waals surface area (Å²) in [6.07, 6.45) is -3.35. The number of hydrogen-bond donors (Lipinski definition) is 4. The van der Waals surface area contributed by atoms with Crippen LogP contribution in [0.25, 0.3) is 11.2 Å². The van der Waals surface area contributed by atoms with E-state index in [-0.39, 0.29) is 54.7 Å². The molecule has 29 heavy (non-hydrogen) atoms. The average Bonchev–Trinajstić information content (AvgIpc) is 3.07. The Morgan fingerprint density at radius 2 is 1.86 bits per heavy atom. The number of phosphoric acid groups is 2. The molecule has 1 fully saturated rings. The summed E-state index contributed by atoms with van der Waals surface area (Å²) in [6, 6.07) is 0. The van der Waals surface area contributed by atoms with Crippen molar-refractivity contribution in [1.82, 2.24) is 19.5 Å². The van der Waals surface area contributed by atoms with E-state index in [0.29, 0.717) is 0 Å². The number of rotatable bonds is 6. The predicted octanol–water partition coefficient (Wildman–Crippen LogP) is -9.00. The third-order valence-electron chi connectivity index (χ3n) is 3.60. The van der Waals surface area contributed by atoms with Crippen LogP contribution in [-0.2, 0) is 22.7 Å². The van der Waals surface area contributed by atoms with Gasteiger partial charge in [-0.1, -0.05) is 0 Å². The minimum Gasteiger partial charge on any atom is -0.789 e. The molecule has 1 saturated heterocycles. The summed E-state index contributed by atoms with van der Waals surface area (Å²) in [4.78, 5) is 41.7. The number of phosphoric ester groups is 1. The largest absolute Gasteiger partial charge is 1.00 e. The van der Waals surface area contributed by atoms with Crippen molar-refractivity contribution in [1.29, 1.82) is 0 Å². The van der Waals surface area contributed by atoms with Gasteiger partial charge < -0.3 is 39.9 Å². The fraction of sp³-hybridized carbons (Fsp3) is 0.500. The molecule has 0 amide bonds. The second kappa shape index (κ2) is 9.87. The van der Waals surface area contributed by atoms with Gasteiger partial charge in [0.1, 0.15) is 30.2 Å². The molecular weight excluding hydrogens is 431 g/mol. The van der Waals surface area contributed by atoms with Crippen LogP contribution in [0.2, 0.25) is 0 Å². The molecule has 0 radical (unpaired) electrons. The minimum absolute atomic E-state index is 0. The standard InChI is InChI=1S/C10H15N5O10P2.2Li/c11-8-5-9(13-2-12-8)15(3-14-5)10-7(17)6(16)4(24-10)1-23-27(21,22)25-26(18,19)20;;/h2-4,6-7,10,16-17H,1H2,(H,21,22)(H2,11,12,13)(H2,18,19,20);;/q;2*+1/p-2/t4-,6+,7?,10-;;/m1../s1/i11+1,12+1,13+1,14+1,15+1;;. The maximum atomic E-state index is 11.4. The first-order chi connectivity index (χ1) is 12.5. The van der Waals surface area contributed by atoms with E-state index in [0.717, 1.165) is 6.33 Å². The Balaban J connectivity index is 0.00000210. The van der Waals surface area contributed by atoms with E-state index >= 15 is 0 Å². The van der Waals surface area contributed by atoms with E-state index in [2.05, 4.69) is 23.8 Å². The Bertz CT molecular complexity index is 943. The van der Waals surface area contributed by atoms with Gasteiger partial charge in [-0.25, -0.2) is 19.5 Å². The fourth-order valence-electron chi connectivity index (χ4n) is 2.47. The van der Waals surface area contributed by atoms with Gasteiger partial charge in [0.15, 0.2) is 17.7 Å². The summed E-state index contributed by atoms with van der Waals surface area (Å²) in [6.45, 7) is -0.869. The summed E-state index contributed by atoms with van der Waals surface area (Å²) in [5, 5.41) is 20.2. The number of hydrogen-bond acceptors (Lipinski definition) is 13. The van der Waals surface area contributed by atoms with E-state index in [1.807, 2.05) is 0 Å². The van der Waals surface area contributed by atoms with Gasteiger partial charge in [-0.3, -0.25) is 13.4 Å². The number of nitrogen functional groups attached to an aromatic ring is 1. The number of imidazole rings is 1. The van der Waals surface area contributed by atoms with Crippen LogP contribution in [0.3, 0.4) is 0 Å². The van der Waals surface area contributed by atoms with Gasteiger partial charge in [-0.05, 0) is 0 Å². The molecule has 2 aromatic heterocycles. The van der Waals surface area contributed by atoms with Crippen LogP contribution in [0.5, 0.6) is 0 Å². The molecule has 2 aromatic rings. The normalized spacial score (nSPS) is 26.5. The molecule has 5 N–H and O–H groups in total. The van der Waals surface area contributed by atoms with Crippen molar-refractivity contribution in [3.63, 3.8) is 0 Å². The van der Waals surface area contributed by atoms with Gasteiger partial charge in [-0.15, -0.1) is 0 Å². The number of nitrogens with zero attached hydrogens (tertiary/aromatic N) is 4. The fourth-order valence-corrected chi connectivity index (χ4v) is 4.01. The zero-order valence-corrected chi connectivity index (χ0v) is 16.9. The smallest absolute Gasteiger partial charge is 0.789 e. The van der Waals surface area contributed by atoms with Crippen LogP contribution in [-0.4, -0.2) is 59.5 Å². The first kappa shape index (κ1) is 26.7. The topological polar surface area (TPSA) is 238 Å². The van der Waals surface area contributed by atoms with Gasteiger partial charge in [0.2, 0.25) is 0 Å². The summed E-state index contributed by atoms with van der Waals surface area (Å²) >= 11 is 0. The third kappa shape index (κ3) is 6.11. The monoisotopic (exact) mass is 444 g/mol. The second-order valence-electron chi connectivity index (χ2n) is 5.42. The zero-order chi connectivity index (χ0) is 20.0. The van der Waals surface area contributed by atoms with E-state index in [1.54, 1.807) is 0 Å². The Kier molecular flexibility index (Phi) is 9.10. The van der Waals surface area contributed by atoms with E-state index in [4.69, 9.17) is 10.5 Å². The van der Waals surface area contributed by atoms with Crippen molar-refractivity contribution in [3.05, 3.63) is 12.7 Å². The molecule has 2 unspecified atom stereocenters. The van der Waals surface area contributed by atoms with Gasteiger partial charge >= 0.3 is 45.5 Å². The molecule has 19 heteroatoms. The van der Waals surface area contributed by atoms with Crippen LogP contribution >= 0.6 is 15.6 Å². The Hall–Kier alpha value is -0.315. The zero-order valence-electron chi connectivity index (χ0n) is 15.1. The number of aliphatic hydroxyl groups is 2. The van der Waals surface area contributed by atoms with Crippen LogP contribution in [0.1, 0.15) is 6.23 Å². The first-order valence-electron chi connectivity index (χ1n) is 7.14. The van der Waals surface area contributed by atoms with Gasteiger partial charge in [0, 0.05) is 0 Å². The van der Waals surface area contributed by atoms with Crippen LogP contribution in [0.4, 0.5) is 5.82 Å². The van der Waals surface area contributed by atoms with Crippen molar-refractivity contribution < 1.29 is 85.3 Å². The van der Waals surface area contributed by atoms with Crippen molar-refractivity contribution in [2.45, 2.75) is 24.5 Å². The summed E-state index contributed by atoms with van der Waals surface area (Å²) < 4.78 is 36.2. The third-order valence-corrected chi connectivity index (χ3v) is 5.70. The number of fused-ring (bicyclic) bond motifs is 1. The molecular formula is C10H13Li2N5O10P2. The number of ether oxygens (including phenoxy) is 1. The maximum Gasteiger partial charge on any atom is 1.00 e. The number of nitrogens with two attached hydrogens (primary N) is 1. The van der Waals surface area contributed by atoms with Crippen molar-refractivity contribution in [3.8, 4) is 0 Å². The average molecular weight is 444 g/mol. The minimum atomic E-state index is -5.79. The second-order valence-corrected chi connectivity index (χ2v) is 8.17. The molecule has 0 aromatic carbocycles. The maximum absolute atomic E-state index is 11.4. The number of anilines is 1. The van der Waals surface area contributed by atoms with Crippen LogP contribution < -0.4 is 53.2 Å². The summed E-state index contributed by atoms with van der Waals surface area (Å²) in [5.74, 6) is 0.0738. The van der Waals surface area contributed by atoms with Gasteiger partial charge in [0.25, 0.3) is 0 Å². The molecule has 150 valence electrons. The van der Waals surface area contributed by atoms with Crippen LogP contribution in [0.15, 0.2) is 12.7 Å². The van der Waals surface area contributed by atoms with E-state index in [1.165, 1.54) is 10.9 Å². The Labute approximate surface area is 186 Å². The SMILES string of the molecule is [15NH2]c1[15n]c[15n]c2c1[15n]c[15n]2[C@@H]1O[C@H](COP(=O)(O)OP(=O)([O-])[O-])[C@H](O)C1O.[Li+].[Li+]. The molecule has 0 aliphatic carbocycles. The van der Waals surface area contributed by atoms with E-state index in [9.17, 15) is 34.0 Å². The molecule has 1 aliphatic heterocycles. The van der Waals surface area contributed by atoms with Crippen molar-refractivity contribution >= 4 is 32.6 Å². The molecule has 3 rings (SSSR count). The first-order valence-corrected chi connectivity index (χ1v) is 10.1. The molecule has 5 atom stereocenters. The summed E-state index contributed by atoms with van der Waals surface area (Å²) in [5.41, 5.74) is 6.07. The van der Waals surface area contributed by atoms with Gasteiger partial charge in [-0.2, -0.15) is 0 Å². The Morgan fingerprint density at radius 1 is 1.21 bits per heavy atom. The molecule has 0 saturated carbocycles. The van der Waals surface area contributed by atoms with Crippen LogP contribution in [0, 0.1) is 0 Å². The number of aliphatic hydroxyl groups excluding tert-OH is 2. The summed E-state index contributed by atoms with van der Waals surface area (Å²) in [7, 11) is -11.0. The molecule has 1 aliphatic rings. The molecule has 15 nitrogen and oxygen atoms in total. The molecule has 3 heterocycles. The quantitative estimate of drug-likeness (QED) is 0.184.